The number of benzene rings is 3. The fourth-order valence-corrected chi connectivity index (χ4v) is 4.48. The normalized spacial score (nSPS) is 11.1. The van der Waals surface area contributed by atoms with Crippen LogP contribution in [0.5, 0.6) is 0 Å². The second-order valence-electron chi connectivity index (χ2n) is 8.00. The Kier molecular flexibility index (Phi) is 6.78. The summed E-state index contributed by atoms with van der Waals surface area (Å²) in [6, 6.07) is 28.9. The van der Waals surface area contributed by atoms with E-state index in [9.17, 15) is 0 Å². The van der Waals surface area contributed by atoms with Gasteiger partial charge in [0.05, 0.1) is 0 Å². The van der Waals surface area contributed by atoms with Crippen LogP contribution in [-0.2, 0) is 25.9 Å². The Bertz CT molecular complexity index is 1280. The molecule has 0 aliphatic rings. The maximum atomic E-state index is 4.55. The summed E-state index contributed by atoms with van der Waals surface area (Å²) < 4.78 is 4.08. The van der Waals surface area contributed by atoms with Crippen LogP contribution in [0, 0.1) is 0 Å². The molecule has 0 atom stereocenters. The zero-order chi connectivity index (χ0) is 23.3. The molecular weight excluding hydrogens is 460 g/mol. The van der Waals surface area contributed by atoms with Gasteiger partial charge in [0, 0.05) is 24.2 Å². The van der Waals surface area contributed by atoms with Crippen molar-refractivity contribution in [2.45, 2.75) is 36.2 Å². The maximum Gasteiger partial charge on any atom is 0.188 e. The van der Waals surface area contributed by atoms with E-state index in [1.54, 1.807) is 0 Å². The van der Waals surface area contributed by atoms with E-state index >= 15 is 0 Å². The Balaban J connectivity index is 1.41. The van der Waals surface area contributed by atoms with Gasteiger partial charge in [-0.3, -0.25) is 0 Å². The standard InChI is InChI=1S/C26H24N6S2/c33-25-29-27-23(31(25)16-14-19-8-3-1-4-9-19)21-12-7-13-22(18-21)24-28-30-26(34)32(24)17-15-20-10-5-2-6-11-20/h1-13,18H,14-17H2,(H,29,33)(H,30,34). The van der Waals surface area contributed by atoms with Crippen LogP contribution in [-0.4, -0.2) is 29.5 Å². The summed E-state index contributed by atoms with van der Waals surface area (Å²) in [5.41, 5.74) is 4.43. The van der Waals surface area contributed by atoms with Gasteiger partial charge in [0.2, 0.25) is 0 Å². The molecule has 0 bridgehead atoms. The first-order valence-electron chi connectivity index (χ1n) is 11.1. The molecule has 0 unspecified atom stereocenters. The van der Waals surface area contributed by atoms with Gasteiger partial charge in [0.15, 0.2) is 22.0 Å². The molecule has 6 nitrogen and oxygen atoms in total. The summed E-state index contributed by atoms with van der Waals surface area (Å²) in [4.78, 5) is 0. The van der Waals surface area contributed by atoms with Crippen molar-refractivity contribution in [3.8, 4) is 22.8 Å². The van der Waals surface area contributed by atoms with Crippen LogP contribution in [0.25, 0.3) is 22.8 Å². The molecule has 5 aromatic rings. The van der Waals surface area contributed by atoms with Crippen LogP contribution in [0.2, 0.25) is 0 Å². The molecular formula is C26H24N6S2. The molecule has 8 heteroatoms. The molecule has 0 radical (unpaired) electrons. The number of hydrogen-bond acceptors (Lipinski definition) is 6. The zero-order valence-electron chi connectivity index (χ0n) is 18.5. The summed E-state index contributed by atoms with van der Waals surface area (Å²) in [6.07, 6.45) is 1.74. The zero-order valence-corrected chi connectivity index (χ0v) is 20.3. The van der Waals surface area contributed by atoms with Gasteiger partial charge in [-0.05, 0) is 30.0 Å². The van der Waals surface area contributed by atoms with Crippen molar-refractivity contribution in [3.05, 3.63) is 96.1 Å². The number of rotatable bonds is 8. The summed E-state index contributed by atoms with van der Waals surface area (Å²) in [5.74, 6) is 1.56. The summed E-state index contributed by atoms with van der Waals surface area (Å²) in [7, 11) is 0. The van der Waals surface area contributed by atoms with E-state index < -0.39 is 0 Å². The van der Waals surface area contributed by atoms with Crippen molar-refractivity contribution in [1.82, 2.24) is 29.5 Å². The van der Waals surface area contributed by atoms with Gasteiger partial charge in [-0.1, -0.05) is 78.9 Å². The fourth-order valence-electron chi connectivity index (χ4n) is 4.00. The van der Waals surface area contributed by atoms with Gasteiger partial charge in [0.25, 0.3) is 0 Å². The molecule has 0 amide bonds. The number of aromatic nitrogens is 6. The minimum atomic E-state index is 0.597. The molecule has 0 fully saturated rings. The average molecular weight is 485 g/mol. The molecule has 0 aliphatic carbocycles. The Morgan fingerprint density at radius 3 is 1.41 bits per heavy atom. The first-order chi connectivity index (χ1) is 16.7. The average Bonchev–Trinajstić information content (AvgIpc) is 3.44. The van der Waals surface area contributed by atoms with Crippen LogP contribution in [0.4, 0.5) is 0 Å². The van der Waals surface area contributed by atoms with Gasteiger partial charge in [-0.15, -0.1) is 45.7 Å². The predicted molar refractivity (Wildman–Crippen MR) is 139 cm³/mol. The number of aryl methyl sites for hydroxylation is 2. The van der Waals surface area contributed by atoms with E-state index in [1.807, 2.05) is 39.5 Å². The van der Waals surface area contributed by atoms with Crippen molar-refractivity contribution in [3.63, 3.8) is 0 Å². The number of nitrogens with zero attached hydrogens (tertiary/aromatic N) is 6. The third kappa shape index (κ3) is 4.93. The van der Waals surface area contributed by atoms with Crippen LogP contribution in [0.15, 0.2) is 95.2 Å². The van der Waals surface area contributed by atoms with E-state index in [2.05, 4.69) is 100 Å². The lowest BCUT2D eigenvalue weighted by Crippen LogP contribution is -2.06. The SMILES string of the molecule is Sc1nnc(-c2cccc(-c3nnc(S)n3CCc3ccccc3)c2)n1CCc1ccccc1. The second-order valence-corrected chi connectivity index (χ2v) is 8.80. The molecule has 2 heterocycles. The molecule has 0 saturated heterocycles. The molecule has 0 spiro atoms. The molecule has 3 aromatic carbocycles. The Morgan fingerprint density at radius 1 is 0.529 bits per heavy atom. The highest BCUT2D eigenvalue weighted by atomic mass is 32.1. The molecule has 0 N–H and O–H groups in total. The highest BCUT2D eigenvalue weighted by Gasteiger charge is 2.16. The molecule has 170 valence electrons. The van der Waals surface area contributed by atoms with Crippen molar-refractivity contribution >= 4 is 25.3 Å². The van der Waals surface area contributed by atoms with Gasteiger partial charge < -0.3 is 9.13 Å². The maximum absolute atomic E-state index is 4.55. The third-order valence-corrected chi connectivity index (χ3v) is 6.44. The lowest BCUT2D eigenvalue weighted by molar-refractivity contribution is 0.640. The van der Waals surface area contributed by atoms with Crippen LogP contribution >= 0.6 is 25.3 Å². The van der Waals surface area contributed by atoms with Gasteiger partial charge in [-0.25, -0.2) is 0 Å². The lowest BCUT2D eigenvalue weighted by Gasteiger charge is -2.11. The van der Waals surface area contributed by atoms with Crippen molar-refractivity contribution < 1.29 is 0 Å². The Morgan fingerprint density at radius 2 is 0.971 bits per heavy atom. The van der Waals surface area contributed by atoms with Crippen molar-refractivity contribution in [1.29, 1.82) is 0 Å². The molecule has 0 aliphatic heterocycles. The minimum Gasteiger partial charge on any atom is -0.302 e. The number of thiol groups is 2. The minimum absolute atomic E-state index is 0.597. The topological polar surface area (TPSA) is 61.4 Å². The fraction of sp³-hybridized carbons (Fsp3) is 0.154. The molecule has 34 heavy (non-hydrogen) atoms. The number of hydrogen-bond donors (Lipinski definition) is 2. The van der Waals surface area contributed by atoms with E-state index in [1.165, 1.54) is 11.1 Å². The summed E-state index contributed by atoms with van der Waals surface area (Å²) >= 11 is 9.09. The first kappa shape index (κ1) is 22.4. The molecule has 5 rings (SSSR count). The molecule has 2 aromatic heterocycles. The Labute approximate surface area is 209 Å². The third-order valence-electron chi connectivity index (χ3n) is 5.78. The summed E-state index contributed by atoms with van der Waals surface area (Å²) in [6.45, 7) is 1.48. The van der Waals surface area contributed by atoms with Crippen molar-refractivity contribution in [2.75, 3.05) is 0 Å². The largest absolute Gasteiger partial charge is 0.302 e. The van der Waals surface area contributed by atoms with E-state index in [4.69, 9.17) is 0 Å². The monoisotopic (exact) mass is 484 g/mol. The van der Waals surface area contributed by atoms with Gasteiger partial charge in [0.1, 0.15) is 0 Å². The Hall–Kier alpha value is -3.36. The smallest absolute Gasteiger partial charge is 0.188 e. The van der Waals surface area contributed by atoms with Crippen LogP contribution in [0.3, 0.4) is 0 Å². The predicted octanol–water partition coefficient (Wildman–Crippen LogP) is 5.27. The van der Waals surface area contributed by atoms with Gasteiger partial charge >= 0.3 is 0 Å². The quantitative estimate of drug-likeness (QED) is 0.295. The van der Waals surface area contributed by atoms with Crippen LogP contribution < -0.4 is 0 Å². The highest BCUT2D eigenvalue weighted by Crippen LogP contribution is 2.27. The van der Waals surface area contributed by atoms with E-state index in [-0.39, 0.29) is 0 Å². The van der Waals surface area contributed by atoms with Crippen LogP contribution in [0.1, 0.15) is 11.1 Å². The second kappa shape index (κ2) is 10.3. The lowest BCUT2D eigenvalue weighted by atomic mass is 10.1. The van der Waals surface area contributed by atoms with E-state index in [0.717, 1.165) is 48.7 Å². The highest BCUT2D eigenvalue weighted by molar-refractivity contribution is 7.80. The van der Waals surface area contributed by atoms with Gasteiger partial charge in [-0.2, -0.15) is 0 Å². The van der Waals surface area contributed by atoms with E-state index in [0.29, 0.717) is 10.3 Å². The van der Waals surface area contributed by atoms with Crippen molar-refractivity contribution in [2.24, 2.45) is 0 Å². The first-order valence-corrected chi connectivity index (χ1v) is 12.0. The summed E-state index contributed by atoms with van der Waals surface area (Å²) in [5, 5.41) is 18.5. The molecule has 0 saturated carbocycles.